The third-order valence-corrected chi connectivity index (χ3v) is 5.34. The van der Waals surface area contributed by atoms with Crippen molar-refractivity contribution in [2.45, 2.75) is 31.7 Å². The van der Waals surface area contributed by atoms with Crippen LogP contribution in [0.1, 0.15) is 13.3 Å². The van der Waals surface area contributed by atoms with Crippen LogP contribution >= 0.6 is 0 Å². The lowest BCUT2D eigenvalue weighted by Gasteiger charge is -2.50. The van der Waals surface area contributed by atoms with Gasteiger partial charge in [0, 0.05) is 11.5 Å². The Bertz CT molecular complexity index is 682. The highest BCUT2D eigenvalue weighted by molar-refractivity contribution is 5.89. The van der Waals surface area contributed by atoms with Gasteiger partial charge >= 0.3 is 11.9 Å². The van der Waals surface area contributed by atoms with Crippen molar-refractivity contribution in [1.29, 1.82) is 0 Å². The first-order valence-corrected chi connectivity index (χ1v) is 8.66. The molecule has 0 aromatic rings. The molecule has 0 saturated heterocycles. The number of carbonyl (C=O) groups is 2. The first-order valence-electron chi connectivity index (χ1n) is 8.66. The van der Waals surface area contributed by atoms with Crippen molar-refractivity contribution in [2.75, 3.05) is 13.2 Å². The van der Waals surface area contributed by atoms with Crippen LogP contribution in [0.5, 0.6) is 0 Å². The zero-order chi connectivity index (χ0) is 21.8. The number of aliphatic hydroxyl groups excluding tert-OH is 4. The summed E-state index contributed by atoms with van der Waals surface area (Å²) in [6.07, 6.45) is -2.45. The molecule has 0 spiro atoms. The quantitative estimate of drug-likeness (QED) is 0.211. The van der Waals surface area contributed by atoms with Gasteiger partial charge in [-0.15, -0.1) is 6.58 Å². The number of carbonyl (C=O) groups excluding carboxylic acids is 1. The predicted molar refractivity (Wildman–Crippen MR) is 101 cm³/mol. The summed E-state index contributed by atoms with van der Waals surface area (Å²) >= 11 is 0. The number of aliphatic carboxylic acids is 1. The van der Waals surface area contributed by atoms with E-state index in [1.54, 1.807) is 6.92 Å². The average Bonchev–Trinajstić information content (AvgIpc) is 2.65. The molecule has 0 aromatic heterocycles. The minimum atomic E-state index is -1.53. The van der Waals surface area contributed by atoms with Gasteiger partial charge in [-0.2, -0.15) is 0 Å². The molecule has 28 heavy (non-hydrogen) atoms. The standard InChI is InChI=1S/C20H28O8/c1-6-20(5)7-14(28-19(27)11(3)13(23)9-22)15(12(4)18(25)26)17(24)16(20)10(2)8-21/h6,13-17,21-24H,1-4,7-9H2,5H3,(H,25,26)/t13-,14+,15+,16+,17+,20+/m1/s1. The molecule has 1 saturated carbocycles. The van der Waals surface area contributed by atoms with Crippen molar-refractivity contribution in [3.05, 3.63) is 49.1 Å². The van der Waals surface area contributed by atoms with E-state index >= 15 is 0 Å². The third-order valence-electron chi connectivity index (χ3n) is 5.34. The van der Waals surface area contributed by atoms with E-state index in [1.165, 1.54) is 6.08 Å². The lowest BCUT2D eigenvalue weighted by atomic mass is 9.58. The van der Waals surface area contributed by atoms with E-state index < -0.39 is 66.3 Å². The Balaban J connectivity index is 3.35. The van der Waals surface area contributed by atoms with Crippen LogP contribution in [0.4, 0.5) is 0 Å². The maximum Gasteiger partial charge on any atom is 0.336 e. The second kappa shape index (κ2) is 9.29. The minimum Gasteiger partial charge on any atom is -0.478 e. The molecule has 0 radical (unpaired) electrons. The number of carboxylic acids is 1. The number of ether oxygens (including phenoxy) is 1. The summed E-state index contributed by atoms with van der Waals surface area (Å²) in [6, 6.07) is 0. The molecule has 1 fully saturated rings. The molecule has 5 N–H and O–H groups in total. The number of aliphatic hydroxyl groups is 4. The topological polar surface area (TPSA) is 145 Å². The molecule has 6 atom stereocenters. The average molecular weight is 396 g/mol. The van der Waals surface area contributed by atoms with Gasteiger partial charge in [-0.1, -0.05) is 32.7 Å². The Hall–Kier alpha value is -2.26. The highest BCUT2D eigenvalue weighted by atomic mass is 16.5. The lowest BCUT2D eigenvalue weighted by Crippen LogP contribution is -2.54. The zero-order valence-corrected chi connectivity index (χ0v) is 15.9. The normalized spacial score (nSPS) is 30.8. The summed E-state index contributed by atoms with van der Waals surface area (Å²) in [5.74, 6) is -4.36. The largest absolute Gasteiger partial charge is 0.478 e. The fourth-order valence-corrected chi connectivity index (χ4v) is 3.67. The third kappa shape index (κ3) is 4.59. The van der Waals surface area contributed by atoms with Gasteiger partial charge in [0.15, 0.2) is 0 Å². The fraction of sp³-hybridized carbons (Fsp3) is 0.500. The maximum absolute atomic E-state index is 12.3. The fourth-order valence-electron chi connectivity index (χ4n) is 3.67. The number of rotatable bonds is 9. The smallest absolute Gasteiger partial charge is 0.336 e. The number of allylic oxidation sites excluding steroid dienone is 1. The molecule has 0 unspecified atom stereocenters. The minimum absolute atomic E-state index is 0.0580. The van der Waals surface area contributed by atoms with Crippen LogP contribution in [0, 0.1) is 17.3 Å². The van der Waals surface area contributed by atoms with Gasteiger partial charge in [-0.3, -0.25) is 0 Å². The Morgan fingerprint density at radius 2 is 1.86 bits per heavy atom. The number of hydrogen-bond acceptors (Lipinski definition) is 7. The number of esters is 1. The van der Waals surface area contributed by atoms with Crippen molar-refractivity contribution in [2.24, 2.45) is 17.3 Å². The molecule has 8 heteroatoms. The molecular formula is C20H28O8. The molecule has 156 valence electrons. The van der Waals surface area contributed by atoms with Crippen LogP contribution in [0.2, 0.25) is 0 Å². The second-order valence-electron chi connectivity index (χ2n) is 7.22. The van der Waals surface area contributed by atoms with Crippen LogP contribution in [-0.2, 0) is 14.3 Å². The maximum atomic E-state index is 12.3. The molecule has 1 aliphatic rings. The molecule has 0 bridgehead atoms. The Morgan fingerprint density at radius 1 is 1.29 bits per heavy atom. The van der Waals surface area contributed by atoms with Gasteiger partial charge in [0.05, 0.1) is 30.8 Å². The number of hydrogen-bond donors (Lipinski definition) is 5. The summed E-state index contributed by atoms with van der Waals surface area (Å²) in [5, 5.41) is 48.4. The van der Waals surface area contributed by atoms with Crippen molar-refractivity contribution in [3.8, 4) is 0 Å². The van der Waals surface area contributed by atoms with Crippen molar-refractivity contribution < 1.29 is 39.9 Å². The van der Waals surface area contributed by atoms with Crippen molar-refractivity contribution in [3.63, 3.8) is 0 Å². The summed E-state index contributed by atoms with van der Waals surface area (Å²) < 4.78 is 5.36. The van der Waals surface area contributed by atoms with Crippen molar-refractivity contribution >= 4 is 11.9 Å². The van der Waals surface area contributed by atoms with Crippen LogP contribution in [0.3, 0.4) is 0 Å². The van der Waals surface area contributed by atoms with Gasteiger partial charge in [-0.05, 0) is 17.4 Å². The van der Waals surface area contributed by atoms with E-state index in [4.69, 9.17) is 9.84 Å². The van der Waals surface area contributed by atoms with E-state index in [0.717, 1.165) is 0 Å². The molecule has 8 nitrogen and oxygen atoms in total. The molecule has 1 rings (SSSR count). The second-order valence-corrected chi connectivity index (χ2v) is 7.22. The molecule has 1 aliphatic carbocycles. The number of carboxylic acid groups (broad SMARTS) is 1. The molecule has 0 amide bonds. The molecule has 0 aromatic carbocycles. The molecular weight excluding hydrogens is 368 g/mol. The van der Waals surface area contributed by atoms with E-state index in [0.29, 0.717) is 0 Å². The molecule has 0 heterocycles. The monoisotopic (exact) mass is 396 g/mol. The van der Waals surface area contributed by atoms with Crippen LogP contribution in [0.15, 0.2) is 49.1 Å². The zero-order valence-electron chi connectivity index (χ0n) is 15.9. The van der Waals surface area contributed by atoms with Crippen LogP contribution in [-0.4, -0.2) is 69.0 Å². The molecule has 0 aliphatic heterocycles. The highest BCUT2D eigenvalue weighted by Crippen LogP contribution is 2.50. The summed E-state index contributed by atoms with van der Waals surface area (Å²) in [5.41, 5.74) is -1.38. The van der Waals surface area contributed by atoms with E-state index in [1.807, 2.05) is 0 Å². The highest BCUT2D eigenvalue weighted by Gasteiger charge is 2.53. The van der Waals surface area contributed by atoms with Crippen LogP contribution < -0.4 is 0 Å². The first kappa shape index (κ1) is 23.8. The van der Waals surface area contributed by atoms with Gasteiger partial charge in [0.2, 0.25) is 0 Å². The summed E-state index contributed by atoms with van der Waals surface area (Å²) in [4.78, 5) is 23.8. The Labute approximate surface area is 163 Å². The first-order chi connectivity index (χ1) is 12.9. The van der Waals surface area contributed by atoms with Gasteiger partial charge in [0.1, 0.15) is 12.2 Å². The van der Waals surface area contributed by atoms with Gasteiger partial charge in [0.25, 0.3) is 0 Å². The lowest BCUT2D eigenvalue weighted by molar-refractivity contribution is -0.162. The summed E-state index contributed by atoms with van der Waals surface area (Å²) in [6.45, 7) is 14.9. The van der Waals surface area contributed by atoms with Crippen molar-refractivity contribution in [1.82, 2.24) is 0 Å². The summed E-state index contributed by atoms with van der Waals surface area (Å²) in [7, 11) is 0. The van der Waals surface area contributed by atoms with E-state index in [-0.39, 0.29) is 17.6 Å². The Kier molecular flexibility index (Phi) is 7.89. The van der Waals surface area contributed by atoms with Gasteiger partial charge in [-0.25, -0.2) is 9.59 Å². The Morgan fingerprint density at radius 3 is 2.29 bits per heavy atom. The van der Waals surface area contributed by atoms with E-state index in [2.05, 4.69) is 26.3 Å². The predicted octanol–water partition coefficient (Wildman–Crippen LogP) is 0.186. The van der Waals surface area contributed by atoms with Crippen LogP contribution in [0.25, 0.3) is 0 Å². The van der Waals surface area contributed by atoms with Gasteiger partial charge < -0.3 is 30.3 Å². The SMILES string of the molecule is C=C[C@@]1(C)C[C@H](OC(=O)C(=C)[C@H](O)CO)[C@H](C(=C)C(=O)O)[C@H](O)[C@@H]1C(=C)CO. The van der Waals surface area contributed by atoms with E-state index in [9.17, 15) is 30.0 Å².